The average Bonchev–Trinajstić information content (AvgIpc) is 2.78. The van der Waals surface area contributed by atoms with Gasteiger partial charge in [-0.2, -0.15) is 0 Å². The predicted molar refractivity (Wildman–Crippen MR) is 64.2 cm³/mol. The minimum absolute atomic E-state index is 0.871. The standard InChI is InChI=1S/C13H22N2O/c1-9-4-5-12(6-9)7-14-8-13-10(2)15-16-11(13)3/h9,12,14H,4-8H2,1-3H3. The second kappa shape index (κ2) is 5.00. The largest absolute Gasteiger partial charge is 0.361 e. The predicted octanol–water partition coefficient (Wildman–Crippen LogP) is 2.82. The summed E-state index contributed by atoms with van der Waals surface area (Å²) < 4.78 is 5.14. The summed E-state index contributed by atoms with van der Waals surface area (Å²) in [5.41, 5.74) is 2.25. The van der Waals surface area contributed by atoms with E-state index >= 15 is 0 Å². The van der Waals surface area contributed by atoms with Crippen molar-refractivity contribution in [2.24, 2.45) is 11.8 Å². The molecule has 90 valence electrons. The zero-order chi connectivity index (χ0) is 11.5. The van der Waals surface area contributed by atoms with Gasteiger partial charge in [-0.05, 0) is 45.1 Å². The molecule has 1 aromatic heterocycles. The van der Waals surface area contributed by atoms with Gasteiger partial charge in [0.15, 0.2) is 0 Å². The number of hydrogen-bond donors (Lipinski definition) is 1. The van der Waals surface area contributed by atoms with Crippen molar-refractivity contribution in [2.75, 3.05) is 6.54 Å². The van der Waals surface area contributed by atoms with Gasteiger partial charge in [-0.25, -0.2) is 0 Å². The minimum atomic E-state index is 0.871. The van der Waals surface area contributed by atoms with E-state index in [1.807, 2.05) is 13.8 Å². The Morgan fingerprint density at radius 1 is 1.38 bits per heavy atom. The van der Waals surface area contributed by atoms with Crippen molar-refractivity contribution in [1.82, 2.24) is 10.5 Å². The Labute approximate surface area is 97.6 Å². The summed E-state index contributed by atoms with van der Waals surface area (Å²) in [4.78, 5) is 0. The molecule has 1 aliphatic carbocycles. The van der Waals surface area contributed by atoms with Gasteiger partial charge in [0.2, 0.25) is 0 Å². The van der Waals surface area contributed by atoms with Crippen LogP contribution in [0, 0.1) is 25.7 Å². The van der Waals surface area contributed by atoms with Crippen molar-refractivity contribution in [3.8, 4) is 0 Å². The minimum Gasteiger partial charge on any atom is -0.361 e. The first-order chi connectivity index (χ1) is 7.66. The molecule has 3 heteroatoms. The van der Waals surface area contributed by atoms with E-state index in [4.69, 9.17) is 4.52 Å². The number of nitrogens with one attached hydrogen (secondary N) is 1. The highest BCUT2D eigenvalue weighted by Gasteiger charge is 2.20. The Kier molecular flexibility index (Phi) is 3.64. The van der Waals surface area contributed by atoms with E-state index in [9.17, 15) is 0 Å². The van der Waals surface area contributed by atoms with Gasteiger partial charge in [-0.15, -0.1) is 0 Å². The maximum absolute atomic E-state index is 5.14. The topological polar surface area (TPSA) is 38.1 Å². The Hall–Kier alpha value is -0.830. The van der Waals surface area contributed by atoms with Crippen molar-refractivity contribution >= 4 is 0 Å². The van der Waals surface area contributed by atoms with E-state index in [1.165, 1.54) is 24.8 Å². The molecule has 0 bridgehead atoms. The zero-order valence-electron chi connectivity index (χ0n) is 10.5. The van der Waals surface area contributed by atoms with E-state index in [2.05, 4.69) is 17.4 Å². The first kappa shape index (κ1) is 11.6. The van der Waals surface area contributed by atoms with Crippen LogP contribution in [0.15, 0.2) is 4.52 Å². The summed E-state index contributed by atoms with van der Waals surface area (Å²) in [6.45, 7) is 8.37. The van der Waals surface area contributed by atoms with E-state index in [1.54, 1.807) is 0 Å². The van der Waals surface area contributed by atoms with Crippen LogP contribution in [0.25, 0.3) is 0 Å². The first-order valence-electron chi connectivity index (χ1n) is 6.29. The molecule has 0 spiro atoms. The number of nitrogens with zero attached hydrogens (tertiary/aromatic N) is 1. The molecule has 1 saturated carbocycles. The van der Waals surface area contributed by atoms with E-state index < -0.39 is 0 Å². The number of rotatable bonds is 4. The molecule has 0 aromatic carbocycles. The SMILES string of the molecule is Cc1noc(C)c1CNCC1CCC(C)C1. The van der Waals surface area contributed by atoms with E-state index in [-0.39, 0.29) is 0 Å². The third-order valence-electron chi connectivity index (χ3n) is 3.72. The van der Waals surface area contributed by atoms with Gasteiger partial charge in [0, 0.05) is 12.1 Å². The molecular weight excluding hydrogens is 200 g/mol. The van der Waals surface area contributed by atoms with Crippen molar-refractivity contribution in [1.29, 1.82) is 0 Å². The molecule has 2 rings (SSSR count). The summed E-state index contributed by atoms with van der Waals surface area (Å²) in [7, 11) is 0. The molecule has 1 heterocycles. The zero-order valence-corrected chi connectivity index (χ0v) is 10.5. The Bertz CT molecular complexity index is 326. The van der Waals surface area contributed by atoms with Gasteiger partial charge < -0.3 is 9.84 Å². The van der Waals surface area contributed by atoms with Gasteiger partial charge in [-0.3, -0.25) is 0 Å². The molecule has 1 aliphatic rings. The lowest BCUT2D eigenvalue weighted by atomic mass is 10.1. The van der Waals surface area contributed by atoms with Gasteiger partial charge in [0.05, 0.1) is 5.69 Å². The molecule has 2 unspecified atom stereocenters. The Morgan fingerprint density at radius 2 is 2.19 bits per heavy atom. The van der Waals surface area contributed by atoms with Crippen molar-refractivity contribution < 1.29 is 4.52 Å². The maximum Gasteiger partial charge on any atom is 0.138 e. The lowest BCUT2D eigenvalue weighted by Crippen LogP contribution is -2.21. The molecule has 1 aromatic rings. The molecule has 0 radical (unpaired) electrons. The Balaban J connectivity index is 1.76. The fraction of sp³-hybridized carbons (Fsp3) is 0.769. The second-order valence-electron chi connectivity index (χ2n) is 5.22. The summed E-state index contributed by atoms with van der Waals surface area (Å²) in [5.74, 6) is 2.74. The quantitative estimate of drug-likeness (QED) is 0.851. The third kappa shape index (κ3) is 2.64. The highest BCUT2D eigenvalue weighted by atomic mass is 16.5. The summed E-state index contributed by atoms with van der Waals surface area (Å²) in [5, 5.41) is 7.50. The smallest absolute Gasteiger partial charge is 0.138 e. The monoisotopic (exact) mass is 222 g/mol. The lowest BCUT2D eigenvalue weighted by molar-refractivity contribution is 0.391. The fourth-order valence-electron chi connectivity index (χ4n) is 2.67. The third-order valence-corrected chi connectivity index (χ3v) is 3.72. The van der Waals surface area contributed by atoms with Crippen LogP contribution in [-0.2, 0) is 6.54 Å². The van der Waals surface area contributed by atoms with Gasteiger partial charge in [0.1, 0.15) is 5.76 Å². The first-order valence-corrected chi connectivity index (χ1v) is 6.29. The molecule has 3 nitrogen and oxygen atoms in total. The summed E-state index contributed by atoms with van der Waals surface area (Å²) in [6.07, 6.45) is 4.17. The number of aryl methyl sites for hydroxylation is 2. The lowest BCUT2D eigenvalue weighted by Gasteiger charge is -2.10. The van der Waals surface area contributed by atoms with Crippen LogP contribution in [-0.4, -0.2) is 11.7 Å². The molecule has 1 N–H and O–H groups in total. The van der Waals surface area contributed by atoms with Crippen LogP contribution >= 0.6 is 0 Å². The summed E-state index contributed by atoms with van der Waals surface area (Å²) >= 11 is 0. The van der Waals surface area contributed by atoms with Crippen molar-refractivity contribution in [3.05, 3.63) is 17.0 Å². The van der Waals surface area contributed by atoms with Crippen molar-refractivity contribution in [2.45, 2.75) is 46.6 Å². The molecular formula is C13H22N2O. The molecule has 1 fully saturated rings. The van der Waals surface area contributed by atoms with E-state index in [0.29, 0.717) is 0 Å². The van der Waals surface area contributed by atoms with Crippen LogP contribution in [0.1, 0.15) is 43.2 Å². The second-order valence-corrected chi connectivity index (χ2v) is 5.22. The molecule has 16 heavy (non-hydrogen) atoms. The number of hydrogen-bond acceptors (Lipinski definition) is 3. The average molecular weight is 222 g/mol. The van der Waals surface area contributed by atoms with Crippen LogP contribution in [0.5, 0.6) is 0 Å². The van der Waals surface area contributed by atoms with Crippen LogP contribution in [0.2, 0.25) is 0 Å². The Morgan fingerprint density at radius 3 is 2.75 bits per heavy atom. The molecule has 0 aliphatic heterocycles. The molecule has 0 saturated heterocycles. The van der Waals surface area contributed by atoms with Crippen LogP contribution in [0.3, 0.4) is 0 Å². The van der Waals surface area contributed by atoms with Crippen LogP contribution < -0.4 is 5.32 Å². The highest BCUT2D eigenvalue weighted by Crippen LogP contribution is 2.29. The summed E-state index contributed by atoms with van der Waals surface area (Å²) in [6, 6.07) is 0. The normalized spacial score (nSPS) is 25.2. The number of aromatic nitrogens is 1. The van der Waals surface area contributed by atoms with Crippen LogP contribution in [0.4, 0.5) is 0 Å². The maximum atomic E-state index is 5.14. The van der Waals surface area contributed by atoms with Gasteiger partial charge in [0.25, 0.3) is 0 Å². The van der Waals surface area contributed by atoms with Crippen molar-refractivity contribution in [3.63, 3.8) is 0 Å². The van der Waals surface area contributed by atoms with E-state index in [0.717, 1.165) is 36.4 Å². The molecule has 2 atom stereocenters. The highest BCUT2D eigenvalue weighted by molar-refractivity contribution is 5.20. The molecule has 0 amide bonds. The van der Waals surface area contributed by atoms with Gasteiger partial charge >= 0.3 is 0 Å². The fourth-order valence-corrected chi connectivity index (χ4v) is 2.67. The van der Waals surface area contributed by atoms with Gasteiger partial charge in [-0.1, -0.05) is 18.5 Å².